The van der Waals surface area contributed by atoms with Gasteiger partial charge in [0, 0.05) is 5.75 Å². The second-order valence-electron chi connectivity index (χ2n) is 6.37. The van der Waals surface area contributed by atoms with E-state index in [0.717, 1.165) is 16.7 Å². The predicted octanol–water partition coefficient (Wildman–Crippen LogP) is 0.709. The van der Waals surface area contributed by atoms with Gasteiger partial charge in [0.25, 0.3) is 11.8 Å². The van der Waals surface area contributed by atoms with E-state index < -0.39 is 40.4 Å². The zero-order valence-corrected chi connectivity index (χ0v) is 17.8. The van der Waals surface area contributed by atoms with Gasteiger partial charge in [-0.2, -0.15) is 0 Å². The number of benzene rings is 1. The number of esters is 1. The highest BCUT2D eigenvalue weighted by Crippen LogP contribution is 2.42. The Kier molecular flexibility index (Phi) is 6.93. The van der Waals surface area contributed by atoms with Crippen molar-refractivity contribution < 1.29 is 33.8 Å². The molecule has 0 saturated carbocycles. The molecule has 2 aliphatic heterocycles. The number of nitrogens with zero attached hydrogens (tertiary/aromatic N) is 1. The van der Waals surface area contributed by atoms with Crippen molar-refractivity contribution in [3.8, 4) is 5.75 Å². The van der Waals surface area contributed by atoms with Crippen molar-refractivity contribution in [3.05, 3.63) is 41.6 Å². The predicted molar refractivity (Wildman–Crippen MR) is 111 cm³/mol. The number of para-hydroxylation sites is 1. The highest BCUT2D eigenvalue weighted by atomic mass is 32.2. The minimum Gasteiger partial charge on any atom is -0.484 e. The summed E-state index contributed by atoms with van der Waals surface area (Å²) in [6.45, 7) is -0.269. The van der Waals surface area contributed by atoms with E-state index in [2.05, 4.69) is 5.32 Å². The number of carboxylic acids is 1. The molecule has 2 amide bonds. The van der Waals surface area contributed by atoms with Crippen LogP contribution >= 0.6 is 23.5 Å². The van der Waals surface area contributed by atoms with Gasteiger partial charge in [0.05, 0.1) is 7.11 Å². The summed E-state index contributed by atoms with van der Waals surface area (Å²) in [7, 11) is 1.23. The SMILES string of the molecule is COC(=O)C(SC)C1=C(C(=O)O)N2C(=O)C(NC(=O)COc3ccccc3)[C@@H]2SC1. The van der Waals surface area contributed by atoms with Gasteiger partial charge in [-0.25, -0.2) is 4.79 Å². The Hall–Kier alpha value is -2.66. The number of fused-ring (bicyclic) bond motifs is 1. The molecule has 1 aromatic carbocycles. The third kappa shape index (κ3) is 4.26. The minimum atomic E-state index is -1.30. The number of hydrogen-bond donors (Lipinski definition) is 2. The Morgan fingerprint density at radius 2 is 2.03 bits per heavy atom. The average Bonchev–Trinajstić information content (AvgIpc) is 2.76. The summed E-state index contributed by atoms with van der Waals surface area (Å²) in [5.41, 5.74) is 0.0909. The third-order valence-electron chi connectivity index (χ3n) is 4.60. The number of methoxy groups -OCH3 is 1. The number of nitrogens with one attached hydrogen (secondary N) is 1. The maximum atomic E-state index is 12.7. The van der Waals surface area contributed by atoms with E-state index in [-0.39, 0.29) is 18.1 Å². The van der Waals surface area contributed by atoms with Crippen molar-refractivity contribution in [2.45, 2.75) is 16.7 Å². The minimum absolute atomic E-state index is 0.223. The van der Waals surface area contributed by atoms with E-state index in [4.69, 9.17) is 9.47 Å². The van der Waals surface area contributed by atoms with Crippen molar-refractivity contribution in [1.29, 1.82) is 0 Å². The molecular formula is C19H20N2O7S2. The van der Waals surface area contributed by atoms with E-state index in [1.165, 1.54) is 18.9 Å². The molecule has 0 radical (unpaired) electrons. The quantitative estimate of drug-likeness (QED) is 0.434. The van der Waals surface area contributed by atoms with Gasteiger partial charge in [0.2, 0.25) is 0 Å². The molecule has 2 N–H and O–H groups in total. The number of carboxylic acid groups (broad SMARTS) is 1. The van der Waals surface area contributed by atoms with Crippen molar-refractivity contribution in [1.82, 2.24) is 10.2 Å². The first-order chi connectivity index (χ1) is 14.4. The lowest BCUT2D eigenvalue weighted by Crippen LogP contribution is -2.71. The molecule has 30 heavy (non-hydrogen) atoms. The van der Waals surface area contributed by atoms with Crippen LogP contribution in [0.3, 0.4) is 0 Å². The Morgan fingerprint density at radius 3 is 2.63 bits per heavy atom. The molecule has 0 aliphatic carbocycles. The zero-order chi connectivity index (χ0) is 21.8. The molecule has 2 heterocycles. The number of β-lactam (4-membered cyclic amide) rings is 1. The number of carbonyl (C=O) groups excluding carboxylic acids is 3. The van der Waals surface area contributed by atoms with Crippen LogP contribution in [0.1, 0.15) is 0 Å². The second kappa shape index (κ2) is 9.43. The van der Waals surface area contributed by atoms with E-state index in [1.54, 1.807) is 30.5 Å². The van der Waals surface area contributed by atoms with Gasteiger partial charge in [-0.05, 0) is 24.0 Å². The highest BCUT2D eigenvalue weighted by molar-refractivity contribution is 8.01. The first-order valence-corrected chi connectivity index (χ1v) is 11.2. The summed E-state index contributed by atoms with van der Waals surface area (Å²) in [6, 6.07) is 7.91. The van der Waals surface area contributed by atoms with Crippen molar-refractivity contribution in [2.24, 2.45) is 0 Å². The Morgan fingerprint density at radius 1 is 1.33 bits per heavy atom. The van der Waals surface area contributed by atoms with Gasteiger partial charge < -0.3 is 19.9 Å². The van der Waals surface area contributed by atoms with Crippen molar-refractivity contribution in [2.75, 3.05) is 25.7 Å². The van der Waals surface area contributed by atoms with E-state index in [0.29, 0.717) is 11.3 Å². The molecule has 160 valence electrons. The van der Waals surface area contributed by atoms with Crippen LogP contribution in [0.4, 0.5) is 0 Å². The molecule has 2 unspecified atom stereocenters. The molecule has 0 aromatic heterocycles. The van der Waals surface area contributed by atoms with Crippen molar-refractivity contribution in [3.63, 3.8) is 0 Å². The molecular weight excluding hydrogens is 432 g/mol. The number of ether oxygens (including phenoxy) is 2. The zero-order valence-electron chi connectivity index (χ0n) is 16.2. The van der Waals surface area contributed by atoms with Crippen LogP contribution in [0.25, 0.3) is 0 Å². The lowest BCUT2D eigenvalue weighted by molar-refractivity contribution is -0.151. The largest absolute Gasteiger partial charge is 0.484 e. The first-order valence-electron chi connectivity index (χ1n) is 8.87. The topological polar surface area (TPSA) is 122 Å². The number of amides is 2. The summed E-state index contributed by atoms with van der Waals surface area (Å²) in [6.07, 6.45) is 1.67. The highest BCUT2D eigenvalue weighted by Gasteiger charge is 2.55. The van der Waals surface area contributed by atoms with E-state index in [9.17, 15) is 24.3 Å². The number of carbonyl (C=O) groups is 4. The molecule has 11 heteroatoms. The Labute approximate surface area is 181 Å². The van der Waals surface area contributed by atoms with Crippen LogP contribution in [0.15, 0.2) is 41.6 Å². The van der Waals surface area contributed by atoms with E-state index >= 15 is 0 Å². The molecule has 3 atom stereocenters. The summed E-state index contributed by atoms with van der Waals surface area (Å²) >= 11 is 2.43. The van der Waals surface area contributed by atoms with Gasteiger partial charge in [0.15, 0.2) is 6.61 Å². The standard InChI is InChI=1S/C19H20N2O7S2/c1-27-19(26)15(29-2)11-9-30-17-13(16(23)21(17)14(11)18(24)25)20-12(22)8-28-10-6-4-3-5-7-10/h3-7,13,15,17H,8-9H2,1-2H3,(H,20,22)(H,24,25)/t13?,15?,17-/m0/s1. The fraction of sp³-hybridized carbons (Fsp3) is 0.368. The molecule has 1 aromatic rings. The van der Waals surface area contributed by atoms with Crippen LogP contribution < -0.4 is 10.1 Å². The summed E-state index contributed by atoms with van der Waals surface area (Å²) in [5, 5.41) is 10.9. The number of thioether (sulfide) groups is 2. The van der Waals surface area contributed by atoms with Gasteiger partial charge in [-0.15, -0.1) is 23.5 Å². The Balaban J connectivity index is 1.70. The molecule has 9 nitrogen and oxygen atoms in total. The normalized spacial score (nSPS) is 21.3. The van der Waals surface area contributed by atoms with Crippen LogP contribution in [-0.2, 0) is 23.9 Å². The molecule has 3 rings (SSSR count). The fourth-order valence-corrected chi connectivity index (χ4v) is 5.47. The fourth-order valence-electron chi connectivity index (χ4n) is 3.21. The van der Waals surface area contributed by atoms with Gasteiger partial charge in [-0.3, -0.25) is 19.3 Å². The Bertz CT molecular complexity index is 890. The third-order valence-corrected chi connectivity index (χ3v) is 6.85. The summed E-state index contributed by atoms with van der Waals surface area (Å²) < 4.78 is 10.1. The van der Waals surface area contributed by atoms with Gasteiger partial charge >= 0.3 is 11.9 Å². The van der Waals surface area contributed by atoms with Crippen LogP contribution in [-0.4, -0.2) is 76.2 Å². The maximum Gasteiger partial charge on any atom is 0.352 e. The number of hydrogen-bond acceptors (Lipinski definition) is 8. The number of aliphatic carboxylic acids is 1. The molecule has 0 spiro atoms. The lowest BCUT2D eigenvalue weighted by Gasteiger charge is -2.49. The van der Waals surface area contributed by atoms with Crippen LogP contribution in [0.2, 0.25) is 0 Å². The van der Waals surface area contributed by atoms with Gasteiger partial charge in [0.1, 0.15) is 28.1 Å². The molecule has 2 aliphatic rings. The molecule has 1 saturated heterocycles. The molecule has 1 fully saturated rings. The summed E-state index contributed by atoms with van der Waals surface area (Å²) in [5.74, 6) is -2.16. The smallest absolute Gasteiger partial charge is 0.352 e. The average molecular weight is 453 g/mol. The lowest BCUT2D eigenvalue weighted by atomic mass is 10.0. The number of rotatable bonds is 8. The molecule has 0 bridgehead atoms. The maximum absolute atomic E-state index is 12.7. The van der Waals surface area contributed by atoms with Crippen LogP contribution in [0.5, 0.6) is 5.75 Å². The van der Waals surface area contributed by atoms with Gasteiger partial charge in [-0.1, -0.05) is 18.2 Å². The summed E-state index contributed by atoms with van der Waals surface area (Å²) in [4.78, 5) is 49.9. The van der Waals surface area contributed by atoms with Crippen molar-refractivity contribution >= 4 is 47.3 Å². The monoisotopic (exact) mass is 452 g/mol. The second-order valence-corrected chi connectivity index (χ2v) is 8.42. The van der Waals surface area contributed by atoms with Crippen LogP contribution in [0, 0.1) is 0 Å². The first kappa shape index (κ1) is 22.0. The van der Waals surface area contributed by atoms with E-state index in [1.807, 2.05) is 6.07 Å².